The number of hydrogen-bond donors (Lipinski definition) is 0. The Morgan fingerprint density at radius 2 is 1.83 bits per heavy atom. The van der Waals surface area contributed by atoms with E-state index in [0.29, 0.717) is 5.02 Å². The normalized spacial score (nSPS) is 14.6. The van der Waals surface area contributed by atoms with E-state index in [2.05, 4.69) is 46.1 Å². The number of pyridine rings is 1. The molecule has 3 rings (SSSR count). The summed E-state index contributed by atoms with van der Waals surface area (Å²) in [5.41, 5.74) is 2.43. The molecule has 0 saturated heterocycles. The van der Waals surface area contributed by atoms with Crippen LogP contribution in [0.4, 0.5) is 17.2 Å². The van der Waals surface area contributed by atoms with Crippen molar-refractivity contribution >= 4 is 28.8 Å². The Balaban J connectivity index is 2.04. The second-order valence-corrected chi connectivity index (χ2v) is 4.83. The molecule has 0 N–H and O–H groups in total. The Morgan fingerprint density at radius 3 is 2.56 bits per heavy atom. The molecule has 1 aromatic heterocycles. The molecule has 0 bridgehead atoms. The standard InChI is InChI=1S/C14H14ClN3/c1-17-8-9-18(13-5-3-2-4-12(13)17)14-7-6-11(15)10-16-14/h2-7,10H,8-9H2,1H3. The van der Waals surface area contributed by atoms with E-state index >= 15 is 0 Å². The lowest BCUT2D eigenvalue weighted by molar-refractivity contribution is 0.813. The second kappa shape index (κ2) is 4.50. The fourth-order valence-corrected chi connectivity index (χ4v) is 2.38. The van der Waals surface area contributed by atoms with Crippen molar-refractivity contribution in [3.05, 3.63) is 47.6 Å². The first kappa shape index (κ1) is 11.4. The molecule has 0 aliphatic carbocycles. The number of hydrogen-bond acceptors (Lipinski definition) is 3. The third-order valence-corrected chi connectivity index (χ3v) is 3.45. The van der Waals surface area contributed by atoms with Crippen molar-refractivity contribution < 1.29 is 0 Å². The van der Waals surface area contributed by atoms with Gasteiger partial charge in [0.15, 0.2) is 0 Å². The molecular weight excluding hydrogens is 246 g/mol. The molecular formula is C14H14ClN3. The molecule has 1 aliphatic rings. The third kappa shape index (κ3) is 1.91. The minimum Gasteiger partial charge on any atom is -0.371 e. The smallest absolute Gasteiger partial charge is 0.133 e. The van der Waals surface area contributed by atoms with Gasteiger partial charge >= 0.3 is 0 Å². The van der Waals surface area contributed by atoms with Gasteiger partial charge in [0.2, 0.25) is 0 Å². The van der Waals surface area contributed by atoms with Crippen molar-refractivity contribution in [2.75, 3.05) is 29.9 Å². The van der Waals surface area contributed by atoms with Crippen LogP contribution >= 0.6 is 11.6 Å². The number of benzene rings is 1. The number of halogens is 1. The summed E-state index contributed by atoms with van der Waals surface area (Å²) >= 11 is 5.88. The van der Waals surface area contributed by atoms with E-state index in [-0.39, 0.29) is 0 Å². The molecule has 18 heavy (non-hydrogen) atoms. The van der Waals surface area contributed by atoms with Gasteiger partial charge in [-0.1, -0.05) is 23.7 Å². The van der Waals surface area contributed by atoms with E-state index in [1.807, 2.05) is 12.1 Å². The fraction of sp³-hybridized carbons (Fsp3) is 0.214. The lowest BCUT2D eigenvalue weighted by Crippen LogP contribution is -2.36. The summed E-state index contributed by atoms with van der Waals surface area (Å²) in [6.45, 7) is 1.92. The Hall–Kier alpha value is -1.74. The molecule has 92 valence electrons. The van der Waals surface area contributed by atoms with Crippen LogP contribution in [0.25, 0.3) is 0 Å². The summed E-state index contributed by atoms with van der Waals surface area (Å²) < 4.78 is 0. The minimum atomic E-state index is 0.668. The highest BCUT2D eigenvalue weighted by atomic mass is 35.5. The van der Waals surface area contributed by atoms with Gasteiger partial charge < -0.3 is 9.80 Å². The van der Waals surface area contributed by atoms with E-state index < -0.39 is 0 Å². The van der Waals surface area contributed by atoms with Crippen molar-refractivity contribution in [3.63, 3.8) is 0 Å². The van der Waals surface area contributed by atoms with Crippen molar-refractivity contribution in [2.24, 2.45) is 0 Å². The van der Waals surface area contributed by atoms with Crippen LogP contribution < -0.4 is 9.80 Å². The van der Waals surface area contributed by atoms with Crippen LogP contribution in [-0.4, -0.2) is 25.1 Å². The predicted octanol–water partition coefficient (Wildman–Crippen LogP) is 3.32. The topological polar surface area (TPSA) is 19.4 Å². The van der Waals surface area contributed by atoms with Gasteiger partial charge in [0, 0.05) is 26.3 Å². The largest absolute Gasteiger partial charge is 0.371 e. The molecule has 2 aromatic rings. The molecule has 0 amide bonds. The summed E-state index contributed by atoms with van der Waals surface area (Å²) in [5, 5.41) is 0.668. The van der Waals surface area contributed by atoms with Crippen molar-refractivity contribution in [1.29, 1.82) is 0 Å². The molecule has 0 radical (unpaired) electrons. The summed E-state index contributed by atoms with van der Waals surface area (Å²) in [4.78, 5) is 8.89. The zero-order valence-electron chi connectivity index (χ0n) is 10.2. The molecule has 0 saturated carbocycles. The van der Waals surface area contributed by atoms with Gasteiger partial charge in [0.05, 0.1) is 16.4 Å². The van der Waals surface area contributed by atoms with Crippen molar-refractivity contribution in [1.82, 2.24) is 4.98 Å². The van der Waals surface area contributed by atoms with Gasteiger partial charge in [-0.25, -0.2) is 4.98 Å². The summed E-state index contributed by atoms with van der Waals surface area (Å²) in [6, 6.07) is 12.2. The third-order valence-electron chi connectivity index (χ3n) is 3.23. The van der Waals surface area contributed by atoms with Crippen LogP contribution in [0.15, 0.2) is 42.6 Å². The first-order valence-corrected chi connectivity index (χ1v) is 6.33. The van der Waals surface area contributed by atoms with Gasteiger partial charge in [-0.15, -0.1) is 0 Å². The van der Waals surface area contributed by atoms with E-state index in [0.717, 1.165) is 18.9 Å². The molecule has 0 fully saturated rings. The SMILES string of the molecule is CN1CCN(c2ccc(Cl)cn2)c2ccccc21. The van der Waals surface area contributed by atoms with E-state index in [1.165, 1.54) is 11.4 Å². The molecule has 3 nitrogen and oxygen atoms in total. The van der Waals surface area contributed by atoms with E-state index in [1.54, 1.807) is 6.20 Å². The number of likely N-dealkylation sites (N-methyl/N-ethyl adjacent to an activating group) is 1. The fourth-order valence-electron chi connectivity index (χ4n) is 2.27. The number of anilines is 3. The summed E-state index contributed by atoms with van der Waals surface area (Å²) in [6.07, 6.45) is 1.69. The second-order valence-electron chi connectivity index (χ2n) is 4.40. The maximum Gasteiger partial charge on any atom is 0.133 e. The molecule has 0 spiro atoms. The summed E-state index contributed by atoms with van der Waals surface area (Å²) in [7, 11) is 2.12. The van der Waals surface area contributed by atoms with Gasteiger partial charge in [-0.3, -0.25) is 0 Å². The average molecular weight is 260 g/mol. The first-order valence-electron chi connectivity index (χ1n) is 5.95. The lowest BCUT2D eigenvalue weighted by Gasteiger charge is -2.36. The van der Waals surface area contributed by atoms with Gasteiger partial charge in [-0.2, -0.15) is 0 Å². The van der Waals surface area contributed by atoms with Crippen molar-refractivity contribution in [2.45, 2.75) is 0 Å². The van der Waals surface area contributed by atoms with E-state index in [4.69, 9.17) is 11.6 Å². The average Bonchev–Trinajstić information content (AvgIpc) is 2.41. The number of fused-ring (bicyclic) bond motifs is 1. The monoisotopic (exact) mass is 259 g/mol. The maximum atomic E-state index is 5.88. The minimum absolute atomic E-state index is 0.668. The molecule has 0 atom stereocenters. The van der Waals surface area contributed by atoms with Crippen molar-refractivity contribution in [3.8, 4) is 0 Å². The predicted molar refractivity (Wildman–Crippen MR) is 76.0 cm³/mol. The number of para-hydroxylation sites is 2. The van der Waals surface area contributed by atoms with Gasteiger partial charge in [0.25, 0.3) is 0 Å². The van der Waals surface area contributed by atoms with Crippen LogP contribution in [-0.2, 0) is 0 Å². The van der Waals surface area contributed by atoms with Crippen LogP contribution in [0.2, 0.25) is 5.02 Å². The number of aromatic nitrogens is 1. The summed E-state index contributed by atoms with van der Waals surface area (Å²) in [5.74, 6) is 0.944. The van der Waals surface area contributed by atoms with Crippen LogP contribution in [0.3, 0.4) is 0 Å². The highest BCUT2D eigenvalue weighted by Crippen LogP contribution is 2.35. The first-order chi connectivity index (χ1) is 8.75. The Labute approximate surface area is 112 Å². The van der Waals surface area contributed by atoms with Crippen LogP contribution in [0.1, 0.15) is 0 Å². The Morgan fingerprint density at radius 1 is 1.06 bits per heavy atom. The Bertz CT molecular complexity index is 553. The molecule has 1 aliphatic heterocycles. The lowest BCUT2D eigenvalue weighted by atomic mass is 10.1. The van der Waals surface area contributed by atoms with Crippen LogP contribution in [0.5, 0.6) is 0 Å². The molecule has 1 aromatic carbocycles. The molecule has 2 heterocycles. The molecule has 0 unspecified atom stereocenters. The van der Waals surface area contributed by atoms with E-state index in [9.17, 15) is 0 Å². The highest BCUT2D eigenvalue weighted by molar-refractivity contribution is 6.30. The highest BCUT2D eigenvalue weighted by Gasteiger charge is 2.21. The number of rotatable bonds is 1. The number of nitrogens with zero attached hydrogens (tertiary/aromatic N) is 3. The Kier molecular flexibility index (Phi) is 2.84. The zero-order chi connectivity index (χ0) is 12.5. The van der Waals surface area contributed by atoms with Crippen LogP contribution in [0, 0.1) is 0 Å². The zero-order valence-corrected chi connectivity index (χ0v) is 10.9. The van der Waals surface area contributed by atoms with Gasteiger partial charge in [0.1, 0.15) is 5.82 Å². The van der Waals surface area contributed by atoms with Gasteiger partial charge in [-0.05, 0) is 24.3 Å². The quantitative estimate of drug-likeness (QED) is 0.783. The molecule has 4 heteroatoms. The maximum absolute atomic E-state index is 5.88.